The van der Waals surface area contributed by atoms with E-state index in [0.29, 0.717) is 52.8 Å². The summed E-state index contributed by atoms with van der Waals surface area (Å²) in [5.74, 6) is 0.763. The number of fused-ring (bicyclic) bond motifs is 2. The molecule has 2 N–H and O–H groups in total. The number of carbonyl (C=O) groups is 1. The van der Waals surface area contributed by atoms with E-state index in [0.717, 1.165) is 41.6 Å². The summed E-state index contributed by atoms with van der Waals surface area (Å²) in [6.07, 6.45) is 8.71. The van der Waals surface area contributed by atoms with Crippen LogP contribution in [0, 0.1) is 12.3 Å². The second-order valence-electron chi connectivity index (χ2n) is 12.5. The average Bonchev–Trinajstić information content (AvgIpc) is 3.26. The summed E-state index contributed by atoms with van der Waals surface area (Å²) in [5.41, 5.74) is 5.37. The van der Waals surface area contributed by atoms with Gasteiger partial charge in [0, 0.05) is 68.3 Å². The van der Waals surface area contributed by atoms with E-state index in [1.807, 2.05) is 26.1 Å². The van der Waals surface area contributed by atoms with Crippen LogP contribution in [-0.4, -0.2) is 59.9 Å². The van der Waals surface area contributed by atoms with E-state index in [1.54, 1.807) is 47.4 Å². The molecule has 0 atom stereocenters. The van der Waals surface area contributed by atoms with Crippen LogP contribution >= 0.6 is 0 Å². The second kappa shape index (κ2) is 11.1. The van der Waals surface area contributed by atoms with Crippen LogP contribution in [0.5, 0.6) is 0 Å². The van der Waals surface area contributed by atoms with Gasteiger partial charge in [0.25, 0.3) is 11.5 Å². The first kappa shape index (κ1) is 29.3. The van der Waals surface area contributed by atoms with Crippen molar-refractivity contribution in [1.82, 2.24) is 29.2 Å². The molecule has 4 aromatic rings. The van der Waals surface area contributed by atoms with E-state index in [-0.39, 0.29) is 23.5 Å². The van der Waals surface area contributed by atoms with Gasteiger partial charge in [0.15, 0.2) is 0 Å². The van der Waals surface area contributed by atoms with Gasteiger partial charge in [-0.2, -0.15) is 5.10 Å². The van der Waals surface area contributed by atoms with Gasteiger partial charge in [-0.05, 0) is 55.0 Å². The third-order valence-corrected chi connectivity index (χ3v) is 8.72. The van der Waals surface area contributed by atoms with Crippen LogP contribution in [0.15, 0.2) is 65.5 Å². The summed E-state index contributed by atoms with van der Waals surface area (Å²) in [6, 6.07) is 5.41. The van der Waals surface area contributed by atoms with E-state index in [4.69, 9.17) is 0 Å². The fourth-order valence-corrected chi connectivity index (χ4v) is 6.21. The van der Waals surface area contributed by atoms with Crippen molar-refractivity contribution >= 4 is 34.1 Å². The highest BCUT2D eigenvalue weighted by Gasteiger charge is 2.35. The Bertz CT molecular complexity index is 1900. The maximum absolute atomic E-state index is 13.9. The molecule has 0 radical (unpaired) electrons. The van der Waals surface area contributed by atoms with Gasteiger partial charge < -0.3 is 19.9 Å². The zero-order valence-corrected chi connectivity index (χ0v) is 25.9. The van der Waals surface area contributed by atoms with E-state index >= 15 is 0 Å². The number of rotatable bonds is 5. The monoisotopic (exact) mass is 594 g/mol. The topological polar surface area (TPSA) is 121 Å². The molecule has 6 rings (SSSR count). The van der Waals surface area contributed by atoms with Crippen molar-refractivity contribution in [1.29, 1.82) is 0 Å². The van der Waals surface area contributed by atoms with Crippen molar-refractivity contribution in [3.63, 3.8) is 0 Å². The number of amides is 1. The molecule has 228 valence electrons. The molecule has 11 nitrogen and oxygen atoms in total. The highest BCUT2D eigenvalue weighted by molar-refractivity contribution is 6.06. The van der Waals surface area contributed by atoms with Crippen LogP contribution in [0.25, 0.3) is 22.0 Å². The molecule has 0 saturated carbocycles. The zero-order chi connectivity index (χ0) is 31.3. The Morgan fingerprint density at radius 3 is 2.68 bits per heavy atom. The molecule has 0 unspecified atom stereocenters. The van der Waals surface area contributed by atoms with E-state index in [1.165, 1.54) is 4.57 Å². The Hall–Kier alpha value is -4.77. The minimum atomic E-state index is -0.337. The average molecular weight is 595 g/mol. The van der Waals surface area contributed by atoms with Crippen molar-refractivity contribution in [2.24, 2.45) is 19.5 Å². The van der Waals surface area contributed by atoms with Gasteiger partial charge in [-0.25, -0.2) is 9.97 Å². The normalized spacial score (nSPS) is 18.1. The summed E-state index contributed by atoms with van der Waals surface area (Å²) >= 11 is 0. The highest BCUT2D eigenvalue weighted by Crippen LogP contribution is 2.36. The number of aromatic nitrogens is 5. The number of aliphatic hydroxyl groups is 1. The lowest BCUT2D eigenvalue weighted by Crippen LogP contribution is -2.50. The molecule has 2 aliphatic rings. The van der Waals surface area contributed by atoms with Gasteiger partial charge in [-0.15, -0.1) is 0 Å². The van der Waals surface area contributed by atoms with Crippen LogP contribution in [0.3, 0.4) is 0 Å². The zero-order valence-electron chi connectivity index (χ0n) is 25.9. The Morgan fingerprint density at radius 2 is 1.91 bits per heavy atom. The fourth-order valence-electron chi connectivity index (χ4n) is 6.21. The number of hydrogen-bond acceptors (Lipinski definition) is 8. The number of allylic oxidation sites excluding steroid dienone is 2. The molecule has 1 fully saturated rings. The molecule has 4 aromatic heterocycles. The first-order valence-electron chi connectivity index (χ1n) is 14.8. The Morgan fingerprint density at radius 1 is 1.11 bits per heavy atom. The standard InChI is InChI=1S/C33H38N8O3/c1-20-13-28-32(44)41(12-11-40(28)10-8-33(3,4)16-20)30-25(19-42)23(7-9-34-30)22-14-26(31(43)38(5)18-22)36-29-15-24-21(2)39(6)37-27(24)17-35-29/h7,9,13-15,17-18,36,42H,1,8,10-12,16,19H2,2-6H3/b28-13-. The molecule has 0 bridgehead atoms. The summed E-state index contributed by atoms with van der Waals surface area (Å²) in [6.45, 7) is 12.2. The lowest BCUT2D eigenvalue weighted by Gasteiger charge is -2.41. The molecule has 0 spiro atoms. The van der Waals surface area contributed by atoms with Crippen LogP contribution in [0.1, 0.15) is 37.9 Å². The van der Waals surface area contributed by atoms with Gasteiger partial charge in [0.2, 0.25) is 0 Å². The Kier molecular flexibility index (Phi) is 7.36. The molecular weight excluding hydrogens is 556 g/mol. The molecule has 0 aliphatic carbocycles. The number of anilines is 3. The number of aliphatic hydroxyl groups excluding tert-OH is 1. The summed E-state index contributed by atoms with van der Waals surface area (Å²) in [5, 5.41) is 19.2. The summed E-state index contributed by atoms with van der Waals surface area (Å²) in [7, 11) is 3.56. The van der Waals surface area contributed by atoms with E-state index in [9.17, 15) is 14.7 Å². The molecule has 11 heteroatoms. The summed E-state index contributed by atoms with van der Waals surface area (Å²) in [4.78, 5) is 39.9. The second-order valence-corrected chi connectivity index (χ2v) is 12.5. The number of carbonyl (C=O) groups excluding carboxylic acids is 1. The van der Waals surface area contributed by atoms with Crippen LogP contribution in [0.4, 0.5) is 17.3 Å². The van der Waals surface area contributed by atoms with Crippen molar-refractivity contribution in [3.05, 3.63) is 82.3 Å². The minimum absolute atomic E-state index is 0.114. The van der Waals surface area contributed by atoms with Crippen molar-refractivity contribution in [2.75, 3.05) is 29.9 Å². The quantitative estimate of drug-likeness (QED) is 0.353. The van der Waals surface area contributed by atoms with E-state index in [2.05, 4.69) is 45.7 Å². The smallest absolute Gasteiger partial charge is 0.275 e. The molecule has 44 heavy (non-hydrogen) atoms. The molecule has 6 heterocycles. The number of piperazine rings is 1. The first-order valence-corrected chi connectivity index (χ1v) is 14.8. The highest BCUT2D eigenvalue weighted by atomic mass is 16.3. The lowest BCUT2D eigenvalue weighted by atomic mass is 9.81. The van der Waals surface area contributed by atoms with Crippen molar-refractivity contribution < 1.29 is 9.90 Å². The SMILES string of the molecule is C=C1/C=C2/C(=O)N(c3nccc(-c4cc(Nc5cc6c(C)n(C)nc6cn5)c(=O)n(C)c4)c3CO)CCN2CCC(C)(C)C1. The number of aryl methyl sites for hydroxylation is 3. The first-order chi connectivity index (χ1) is 21.0. The van der Waals surface area contributed by atoms with Gasteiger partial charge in [0.1, 0.15) is 28.5 Å². The number of hydrogen-bond donors (Lipinski definition) is 2. The molecule has 1 amide bonds. The predicted octanol–water partition coefficient (Wildman–Crippen LogP) is 4.18. The molecular formula is C33H38N8O3. The minimum Gasteiger partial charge on any atom is -0.392 e. The molecule has 2 aliphatic heterocycles. The van der Waals surface area contributed by atoms with Gasteiger partial charge in [-0.3, -0.25) is 19.2 Å². The Balaban J connectivity index is 1.36. The van der Waals surface area contributed by atoms with Crippen LogP contribution < -0.4 is 15.8 Å². The third-order valence-electron chi connectivity index (χ3n) is 8.72. The van der Waals surface area contributed by atoms with Crippen molar-refractivity contribution in [3.8, 4) is 11.1 Å². The number of pyridine rings is 3. The van der Waals surface area contributed by atoms with Crippen LogP contribution in [0.2, 0.25) is 0 Å². The van der Waals surface area contributed by atoms with Crippen molar-refractivity contribution in [2.45, 2.75) is 40.2 Å². The predicted molar refractivity (Wildman–Crippen MR) is 172 cm³/mol. The summed E-state index contributed by atoms with van der Waals surface area (Å²) < 4.78 is 3.28. The molecule has 1 saturated heterocycles. The fraction of sp³-hybridized carbons (Fsp3) is 0.364. The number of nitrogens with zero attached hydrogens (tertiary/aromatic N) is 7. The van der Waals surface area contributed by atoms with Gasteiger partial charge >= 0.3 is 0 Å². The van der Waals surface area contributed by atoms with E-state index < -0.39 is 0 Å². The third kappa shape index (κ3) is 5.28. The largest absolute Gasteiger partial charge is 0.392 e. The Labute approximate surface area is 256 Å². The molecule has 0 aromatic carbocycles. The maximum Gasteiger partial charge on any atom is 0.275 e. The maximum atomic E-state index is 13.9. The van der Waals surface area contributed by atoms with Crippen LogP contribution in [-0.2, 0) is 25.5 Å². The van der Waals surface area contributed by atoms with Gasteiger partial charge in [-0.1, -0.05) is 26.0 Å². The lowest BCUT2D eigenvalue weighted by molar-refractivity contribution is -0.118. The van der Waals surface area contributed by atoms with Gasteiger partial charge in [0.05, 0.1) is 12.8 Å². The number of nitrogens with one attached hydrogen (secondary N) is 1.